The second-order valence-electron chi connectivity index (χ2n) is 7.93. The molecule has 0 radical (unpaired) electrons. The van der Waals surface area contributed by atoms with E-state index in [9.17, 15) is 14.0 Å². The van der Waals surface area contributed by atoms with Gasteiger partial charge in [-0.2, -0.15) is 9.78 Å². The minimum Gasteiger partial charge on any atom is -0.407 e. The Hall–Kier alpha value is -3.48. The van der Waals surface area contributed by atoms with Crippen molar-refractivity contribution in [3.05, 3.63) is 60.0 Å². The van der Waals surface area contributed by atoms with E-state index in [4.69, 9.17) is 4.74 Å². The first-order chi connectivity index (χ1) is 14.7. The number of benzene rings is 2. The van der Waals surface area contributed by atoms with Crippen LogP contribution in [0, 0.1) is 11.7 Å². The van der Waals surface area contributed by atoms with Gasteiger partial charge in [-0.25, -0.2) is 4.39 Å². The lowest BCUT2D eigenvalue weighted by molar-refractivity contribution is -0.132. The van der Waals surface area contributed by atoms with E-state index in [1.165, 1.54) is 23.7 Å². The van der Waals surface area contributed by atoms with Crippen LogP contribution in [0.3, 0.4) is 0 Å². The summed E-state index contributed by atoms with van der Waals surface area (Å²) in [5.41, 5.74) is 3.24. The van der Waals surface area contributed by atoms with E-state index in [0.29, 0.717) is 22.6 Å². The van der Waals surface area contributed by atoms with Crippen LogP contribution in [0.5, 0.6) is 5.88 Å². The summed E-state index contributed by atoms with van der Waals surface area (Å²) in [6.45, 7) is 8.93. The fraction of sp³-hybridized carbons (Fsp3) is 0.292. The lowest BCUT2D eigenvalue weighted by Gasteiger charge is -2.11. The third-order valence-corrected chi connectivity index (χ3v) is 4.68. The zero-order valence-electron chi connectivity index (χ0n) is 18.3. The van der Waals surface area contributed by atoms with Gasteiger partial charge in [0, 0.05) is 18.5 Å². The Labute approximate surface area is 181 Å². The Morgan fingerprint density at radius 3 is 2.29 bits per heavy atom. The van der Waals surface area contributed by atoms with Gasteiger partial charge >= 0.3 is 5.97 Å². The van der Waals surface area contributed by atoms with Gasteiger partial charge in [-0.15, -0.1) is 0 Å². The lowest BCUT2D eigenvalue weighted by atomic mass is 9.99. The SMILES string of the molecule is CC(=O)Oc1c(-c2ccc(NC(=O)C(C)C)cc2)c(C(C)C)nn1-c1cccc(F)c1. The number of carbonyl (C=O) groups excluding carboxylic acids is 2. The third-order valence-electron chi connectivity index (χ3n) is 4.68. The van der Waals surface area contributed by atoms with Gasteiger partial charge in [-0.05, 0) is 41.8 Å². The Balaban J connectivity index is 2.14. The van der Waals surface area contributed by atoms with Crippen molar-refractivity contribution in [2.24, 2.45) is 5.92 Å². The van der Waals surface area contributed by atoms with E-state index in [1.807, 2.05) is 39.8 Å². The number of halogens is 1. The molecule has 7 heteroatoms. The molecular weight excluding hydrogens is 397 g/mol. The average Bonchev–Trinajstić information content (AvgIpc) is 3.07. The molecule has 1 heterocycles. The molecule has 0 aliphatic rings. The number of amides is 1. The first kappa shape index (κ1) is 22.2. The molecule has 0 spiro atoms. The molecule has 0 bridgehead atoms. The van der Waals surface area contributed by atoms with E-state index < -0.39 is 11.8 Å². The molecule has 1 aromatic heterocycles. The Bertz CT molecular complexity index is 1100. The molecule has 2 aromatic carbocycles. The van der Waals surface area contributed by atoms with Crippen molar-refractivity contribution in [2.75, 3.05) is 5.32 Å². The summed E-state index contributed by atoms with van der Waals surface area (Å²) in [5, 5.41) is 7.50. The molecule has 0 aliphatic carbocycles. The standard InChI is InChI=1S/C24H26FN3O3/c1-14(2)22-21(17-9-11-19(12-10-17)26-23(30)15(3)4)24(31-16(5)29)28(27-22)20-8-6-7-18(25)13-20/h6-15H,1-5H3,(H,26,30). The summed E-state index contributed by atoms with van der Waals surface area (Å²) >= 11 is 0. The largest absolute Gasteiger partial charge is 0.407 e. The summed E-state index contributed by atoms with van der Waals surface area (Å²) in [6, 6.07) is 13.2. The Morgan fingerprint density at radius 2 is 1.74 bits per heavy atom. The van der Waals surface area contributed by atoms with Gasteiger partial charge in [0.15, 0.2) is 0 Å². The first-order valence-corrected chi connectivity index (χ1v) is 10.2. The maximum atomic E-state index is 13.9. The molecule has 6 nitrogen and oxygen atoms in total. The van der Waals surface area contributed by atoms with Crippen molar-refractivity contribution in [1.29, 1.82) is 0 Å². The van der Waals surface area contributed by atoms with E-state index in [-0.39, 0.29) is 23.6 Å². The van der Waals surface area contributed by atoms with Crippen LogP contribution >= 0.6 is 0 Å². The highest BCUT2D eigenvalue weighted by molar-refractivity contribution is 5.92. The summed E-state index contributed by atoms with van der Waals surface area (Å²) in [5.74, 6) is -0.891. The summed E-state index contributed by atoms with van der Waals surface area (Å²) in [4.78, 5) is 23.8. The number of anilines is 1. The molecule has 0 aliphatic heterocycles. The van der Waals surface area contributed by atoms with Crippen LogP contribution in [0.1, 0.15) is 46.2 Å². The maximum absolute atomic E-state index is 13.9. The zero-order valence-corrected chi connectivity index (χ0v) is 18.3. The van der Waals surface area contributed by atoms with Crippen LogP contribution < -0.4 is 10.1 Å². The molecule has 3 rings (SSSR count). The fourth-order valence-electron chi connectivity index (χ4n) is 3.11. The third kappa shape index (κ3) is 4.99. The van der Waals surface area contributed by atoms with E-state index in [2.05, 4.69) is 10.4 Å². The Morgan fingerprint density at radius 1 is 1.06 bits per heavy atom. The van der Waals surface area contributed by atoms with Crippen molar-refractivity contribution in [3.8, 4) is 22.7 Å². The predicted octanol–water partition coefficient (Wildman–Crippen LogP) is 5.32. The van der Waals surface area contributed by atoms with E-state index in [0.717, 1.165) is 5.56 Å². The van der Waals surface area contributed by atoms with Crippen molar-refractivity contribution >= 4 is 17.6 Å². The number of ether oxygens (including phenoxy) is 1. The lowest BCUT2D eigenvalue weighted by Crippen LogP contribution is -2.17. The van der Waals surface area contributed by atoms with Gasteiger partial charge < -0.3 is 10.1 Å². The maximum Gasteiger partial charge on any atom is 0.309 e. The van der Waals surface area contributed by atoms with Crippen molar-refractivity contribution < 1.29 is 18.7 Å². The molecule has 31 heavy (non-hydrogen) atoms. The molecular formula is C24H26FN3O3. The monoisotopic (exact) mass is 423 g/mol. The van der Waals surface area contributed by atoms with E-state index in [1.54, 1.807) is 24.3 Å². The number of esters is 1. The number of nitrogens with one attached hydrogen (secondary N) is 1. The average molecular weight is 423 g/mol. The van der Waals surface area contributed by atoms with Crippen LogP contribution in [-0.4, -0.2) is 21.7 Å². The summed E-state index contributed by atoms with van der Waals surface area (Å²) in [7, 11) is 0. The smallest absolute Gasteiger partial charge is 0.309 e. The molecule has 3 aromatic rings. The van der Waals surface area contributed by atoms with Gasteiger partial charge in [-0.3, -0.25) is 9.59 Å². The quantitative estimate of drug-likeness (QED) is 0.545. The number of hydrogen-bond acceptors (Lipinski definition) is 4. The highest BCUT2D eigenvalue weighted by Gasteiger charge is 2.25. The van der Waals surface area contributed by atoms with Crippen molar-refractivity contribution in [1.82, 2.24) is 9.78 Å². The number of rotatable bonds is 6. The molecule has 0 saturated carbocycles. The summed E-state index contributed by atoms with van der Waals surface area (Å²) in [6.07, 6.45) is 0. The fourth-order valence-corrected chi connectivity index (χ4v) is 3.11. The molecule has 0 atom stereocenters. The number of carbonyl (C=O) groups is 2. The van der Waals surface area contributed by atoms with Crippen LogP contribution in [0.2, 0.25) is 0 Å². The van der Waals surface area contributed by atoms with Gasteiger partial charge in [0.05, 0.1) is 16.9 Å². The highest BCUT2D eigenvalue weighted by Crippen LogP contribution is 2.39. The molecule has 0 unspecified atom stereocenters. The second-order valence-corrected chi connectivity index (χ2v) is 7.93. The topological polar surface area (TPSA) is 73.2 Å². The van der Waals surface area contributed by atoms with E-state index >= 15 is 0 Å². The van der Waals surface area contributed by atoms with Crippen LogP contribution in [-0.2, 0) is 9.59 Å². The Kier molecular flexibility index (Phi) is 6.53. The van der Waals surface area contributed by atoms with Gasteiger partial charge in [0.2, 0.25) is 11.8 Å². The zero-order chi connectivity index (χ0) is 22.7. The van der Waals surface area contributed by atoms with Gasteiger partial charge in [0.25, 0.3) is 0 Å². The van der Waals surface area contributed by atoms with Crippen molar-refractivity contribution in [2.45, 2.75) is 40.5 Å². The molecule has 0 saturated heterocycles. The minimum atomic E-state index is -0.505. The van der Waals surface area contributed by atoms with Crippen molar-refractivity contribution in [3.63, 3.8) is 0 Å². The molecule has 0 fully saturated rings. The molecule has 1 N–H and O–H groups in total. The van der Waals surface area contributed by atoms with Gasteiger partial charge in [-0.1, -0.05) is 45.9 Å². The second kappa shape index (κ2) is 9.12. The highest BCUT2D eigenvalue weighted by atomic mass is 19.1. The number of aromatic nitrogens is 2. The van der Waals surface area contributed by atoms with Crippen LogP contribution in [0.15, 0.2) is 48.5 Å². The first-order valence-electron chi connectivity index (χ1n) is 10.2. The minimum absolute atomic E-state index is 0.0134. The van der Waals surface area contributed by atoms with Gasteiger partial charge in [0.1, 0.15) is 5.82 Å². The normalized spacial score (nSPS) is 11.1. The molecule has 162 valence electrons. The predicted molar refractivity (Wildman–Crippen MR) is 118 cm³/mol. The molecule has 1 amide bonds. The number of nitrogens with zero attached hydrogens (tertiary/aromatic N) is 2. The number of hydrogen-bond donors (Lipinski definition) is 1. The van der Waals surface area contributed by atoms with Crippen LogP contribution in [0.25, 0.3) is 16.8 Å². The summed E-state index contributed by atoms with van der Waals surface area (Å²) < 4.78 is 20.9. The van der Waals surface area contributed by atoms with Crippen LogP contribution in [0.4, 0.5) is 10.1 Å².